The summed E-state index contributed by atoms with van der Waals surface area (Å²) in [6.45, 7) is 8.68. The van der Waals surface area contributed by atoms with E-state index in [1.807, 2.05) is 48.5 Å². The smallest absolute Gasteiger partial charge is 0.345 e. The first-order valence-corrected chi connectivity index (χ1v) is 12.1. The molecule has 1 aliphatic carbocycles. The van der Waals surface area contributed by atoms with Gasteiger partial charge < -0.3 is 9.52 Å². The molecule has 2 aromatic carbocycles. The number of phenolic OH excluding ortho intramolecular Hbond substituents is 1. The number of rotatable bonds is 3. The molecule has 1 saturated heterocycles. The summed E-state index contributed by atoms with van der Waals surface area (Å²) < 4.78 is 5.88. The maximum atomic E-state index is 13.1. The molecule has 0 radical (unpaired) electrons. The number of pyridine rings is 1. The lowest BCUT2D eigenvalue weighted by atomic mass is 9.65. The third-order valence-electron chi connectivity index (χ3n) is 7.74. The van der Waals surface area contributed by atoms with Gasteiger partial charge in [-0.15, -0.1) is 0 Å². The molecule has 0 unspecified atom stereocenters. The highest BCUT2D eigenvalue weighted by Gasteiger charge is 2.49. The van der Waals surface area contributed by atoms with E-state index in [-0.39, 0.29) is 5.75 Å². The molecule has 2 atom stereocenters. The number of hydrogen-bond donors (Lipinski definition) is 1. The van der Waals surface area contributed by atoms with Crippen molar-refractivity contribution in [1.82, 2.24) is 9.88 Å². The third-order valence-corrected chi connectivity index (χ3v) is 7.74. The van der Waals surface area contributed by atoms with Gasteiger partial charge in [0.05, 0.1) is 22.3 Å². The van der Waals surface area contributed by atoms with Gasteiger partial charge in [-0.2, -0.15) is 0 Å². The van der Waals surface area contributed by atoms with Crippen molar-refractivity contribution in [3.05, 3.63) is 70.6 Å². The van der Waals surface area contributed by atoms with Crippen LogP contribution in [0.15, 0.2) is 63.8 Å². The van der Waals surface area contributed by atoms with E-state index in [1.165, 1.54) is 12.8 Å². The summed E-state index contributed by atoms with van der Waals surface area (Å²) in [7, 11) is 0. The van der Waals surface area contributed by atoms with E-state index in [4.69, 9.17) is 4.42 Å². The summed E-state index contributed by atoms with van der Waals surface area (Å²) in [6.07, 6.45) is 3.55. The summed E-state index contributed by atoms with van der Waals surface area (Å²) in [5.41, 5.74) is 3.21. The van der Waals surface area contributed by atoms with E-state index in [0.717, 1.165) is 29.3 Å². The minimum Gasteiger partial charge on any atom is -0.507 e. The predicted octanol–water partition coefficient (Wildman–Crippen LogP) is 6.11. The van der Waals surface area contributed by atoms with Crippen LogP contribution in [0.4, 0.5) is 0 Å². The fourth-order valence-electron chi connectivity index (χ4n) is 6.74. The Morgan fingerprint density at radius 2 is 1.85 bits per heavy atom. The van der Waals surface area contributed by atoms with Crippen LogP contribution in [0.1, 0.15) is 45.6 Å². The van der Waals surface area contributed by atoms with Crippen LogP contribution >= 0.6 is 0 Å². The van der Waals surface area contributed by atoms with Crippen LogP contribution in [0.2, 0.25) is 0 Å². The van der Waals surface area contributed by atoms with Gasteiger partial charge in [0.15, 0.2) is 0 Å². The summed E-state index contributed by atoms with van der Waals surface area (Å²) in [4.78, 5) is 20.2. The van der Waals surface area contributed by atoms with Crippen LogP contribution in [0.25, 0.3) is 33.1 Å². The Kier molecular flexibility index (Phi) is 4.65. The van der Waals surface area contributed by atoms with Crippen molar-refractivity contribution in [2.24, 2.45) is 10.8 Å². The Balaban J connectivity index is 1.40. The van der Waals surface area contributed by atoms with Crippen molar-refractivity contribution in [1.29, 1.82) is 0 Å². The molecule has 2 aromatic heterocycles. The van der Waals surface area contributed by atoms with E-state index in [9.17, 15) is 9.90 Å². The van der Waals surface area contributed by atoms with Gasteiger partial charge in [0, 0.05) is 29.9 Å². The molecule has 4 aromatic rings. The number of aromatic hydroxyl groups is 1. The molecule has 6 rings (SSSR count). The highest BCUT2D eigenvalue weighted by molar-refractivity contribution is 5.87. The predicted molar refractivity (Wildman–Crippen MR) is 135 cm³/mol. The number of nitrogens with zero attached hydrogens (tertiary/aromatic N) is 2. The van der Waals surface area contributed by atoms with Crippen molar-refractivity contribution in [2.75, 3.05) is 6.54 Å². The van der Waals surface area contributed by atoms with E-state index in [2.05, 4.69) is 30.7 Å². The summed E-state index contributed by atoms with van der Waals surface area (Å²) in [5, 5.41) is 12.6. The first-order valence-electron chi connectivity index (χ1n) is 12.1. The van der Waals surface area contributed by atoms with Crippen molar-refractivity contribution in [2.45, 2.75) is 52.6 Å². The minimum atomic E-state index is -0.435. The number of hydrogen-bond acceptors (Lipinski definition) is 5. The number of benzene rings is 2. The highest BCUT2D eigenvalue weighted by Crippen LogP contribution is 2.53. The summed E-state index contributed by atoms with van der Waals surface area (Å²) in [6, 6.07) is 17.5. The second-order valence-corrected chi connectivity index (χ2v) is 11.4. The maximum absolute atomic E-state index is 13.1. The average molecular weight is 455 g/mol. The minimum absolute atomic E-state index is 0.179. The highest BCUT2D eigenvalue weighted by atomic mass is 16.4. The molecule has 174 valence electrons. The van der Waals surface area contributed by atoms with Crippen molar-refractivity contribution in [3.8, 4) is 17.0 Å². The molecular formula is C29H30N2O3. The zero-order valence-electron chi connectivity index (χ0n) is 20.0. The van der Waals surface area contributed by atoms with Crippen LogP contribution in [0, 0.1) is 10.8 Å². The van der Waals surface area contributed by atoms with Crippen LogP contribution in [-0.2, 0) is 6.54 Å². The molecule has 5 nitrogen and oxygen atoms in total. The summed E-state index contributed by atoms with van der Waals surface area (Å²) in [5.74, 6) is 0.179. The van der Waals surface area contributed by atoms with E-state index in [0.29, 0.717) is 45.8 Å². The van der Waals surface area contributed by atoms with E-state index in [1.54, 1.807) is 6.07 Å². The zero-order valence-corrected chi connectivity index (χ0v) is 20.0. The van der Waals surface area contributed by atoms with E-state index >= 15 is 0 Å². The Morgan fingerprint density at radius 3 is 2.71 bits per heavy atom. The SMILES string of the molecule is CC1(C)C[C@H]2C[C@@](C)(CN2Cc2c(O)ccc3cc(-c4ccc5ccccc5n4)c(=O)oc23)C1. The second-order valence-electron chi connectivity index (χ2n) is 11.4. The topological polar surface area (TPSA) is 66.6 Å². The Morgan fingerprint density at radius 1 is 1.06 bits per heavy atom. The molecule has 2 bridgehead atoms. The zero-order chi connectivity index (χ0) is 23.7. The number of phenols is 1. The maximum Gasteiger partial charge on any atom is 0.345 e. The molecule has 5 heteroatoms. The monoisotopic (exact) mass is 454 g/mol. The largest absolute Gasteiger partial charge is 0.507 e. The first kappa shape index (κ1) is 21.4. The van der Waals surface area contributed by atoms with Gasteiger partial charge in [-0.3, -0.25) is 4.90 Å². The van der Waals surface area contributed by atoms with Gasteiger partial charge >= 0.3 is 5.63 Å². The van der Waals surface area contributed by atoms with Gasteiger partial charge in [-0.05, 0) is 60.4 Å². The molecule has 34 heavy (non-hydrogen) atoms. The molecular weight excluding hydrogens is 424 g/mol. The number of fused-ring (bicyclic) bond motifs is 4. The lowest BCUT2D eigenvalue weighted by Crippen LogP contribution is -2.34. The van der Waals surface area contributed by atoms with Gasteiger partial charge in [-0.25, -0.2) is 9.78 Å². The Bertz CT molecular complexity index is 1490. The lowest BCUT2D eigenvalue weighted by molar-refractivity contribution is 0.126. The van der Waals surface area contributed by atoms with Gasteiger partial charge in [0.2, 0.25) is 0 Å². The third kappa shape index (κ3) is 3.59. The molecule has 0 spiro atoms. The molecule has 3 heterocycles. The molecule has 2 aliphatic rings. The van der Waals surface area contributed by atoms with Crippen molar-refractivity contribution in [3.63, 3.8) is 0 Å². The van der Waals surface area contributed by atoms with Crippen LogP contribution in [0.3, 0.4) is 0 Å². The molecule has 1 saturated carbocycles. The summed E-state index contributed by atoms with van der Waals surface area (Å²) >= 11 is 0. The van der Waals surface area contributed by atoms with Gasteiger partial charge in [-0.1, -0.05) is 45.0 Å². The number of aromatic nitrogens is 1. The lowest BCUT2D eigenvalue weighted by Gasteiger charge is -2.40. The molecule has 2 fully saturated rings. The molecule has 0 amide bonds. The number of para-hydroxylation sites is 1. The first-order chi connectivity index (χ1) is 16.2. The normalized spacial score (nSPS) is 24.1. The van der Waals surface area contributed by atoms with Gasteiger partial charge in [0.25, 0.3) is 0 Å². The fraction of sp³-hybridized carbons (Fsp3) is 0.379. The van der Waals surface area contributed by atoms with E-state index < -0.39 is 5.63 Å². The van der Waals surface area contributed by atoms with Crippen molar-refractivity contribution < 1.29 is 9.52 Å². The molecule has 1 aliphatic heterocycles. The fourth-order valence-corrected chi connectivity index (χ4v) is 6.74. The van der Waals surface area contributed by atoms with Crippen LogP contribution < -0.4 is 5.63 Å². The van der Waals surface area contributed by atoms with Crippen LogP contribution in [0.5, 0.6) is 5.75 Å². The van der Waals surface area contributed by atoms with Crippen LogP contribution in [-0.4, -0.2) is 27.6 Å². The van der Waals surface area contributed by atoms with Gasteiger partial charge in [0.1, 0.15) is 11.3 Å². The Labute approximate surface area is 199 Å². The number of likely N-dealkylation sites (tertiary alicyclic amines) is 1. The average Bonchev–Trinajstić information content (AvgIpc) is 3.02. The quantitative estimate of drug-likeness (QED) is 0.378. The van der Waals surface area contributed by atoms with Crippen molar-refractivity contribution >= 4 is 21.9 Å². The second kappa shape index (κ2) is 7.41. The standard InChI is InChI=1S/C29H30N2O3/c1-28(2)13-20-14-29(3,16-28)17-31(20)15-22-25(32)11-9-19-12-21(27(33)34-26(19)22)24-10-8-18-6-4-5-7-23(18)30-24/h4-12,20,32H,13-17H2,1-3H3/t20-,29+/m0/s1. The molecule has 1 N–H and O–H groups in total. The Hall–Kier alpha value is -3.18.